The summed E-state index contributed by atoms with van der Waals surface area (Å²) in [6.45, 7) is 12.5. The number of carbonyl (C=O) groups is 3. The van der Waals surface area contributed by atoms with Gasteiger partial charge in [0.15, 0.2) is 0 Å². The maximum absolute atomic E-state index is 12.3. The first kappa shape index (κ1) is 59.7. The van der Waals surface area contributed by atoms with E-state index in [9.17, 15) is 14.4 Å². The van der Waals surface area contributed by atoms with Crippen molar-refractivity contribution in [3.05, 3.63) is 11.9 Å². The lowest BCUT2D eigenvalue weighted by Gasteiger charge is -2.18. The second kappa shape index (κ2) is 46.7. The van der Waals surface area contributed by atoms with Crippen molar-refractivity contribution < 1.29 is 28.6 Å². The number of rotatable bonds is 44. The van der Waals surface area contributed by atoms with Gasteiger partial charge >= 0.3 is 11.9 Å². The predicted octanol–water partition coefficient (Wildman–Crippen LogP) is 12.6. The van der Waals surface area contributed by atoms with Crippen LogP contribution in [0, 0.1) is 0 Å². The molecule has 1 fully saturated rings. The van der Waals surface area contributed by atoms with Gasteiger partial charge in [-0.1, -0.05) is 162 Å². The molecule has 1 rings (SSSR count). The van der Waals surface area contributed by atoms with Crippen LogP contribution in [0.25, 0.3) is 0 Å². The lowest BCUT2D eigenvalue weighted by atomic mass is 10.0. The third kappa shape index (κ3) is 42.9. The zero-order valence-corrected chi connectivity index (χ0v) is 41.5. The molecule has 1 saturated heterocycles. The lowest BCUT2D eigenvalue weighted by molar-refractivity contribution is -0.150. The second-order valence-electron chi connectivity index (χ2n) is 18.5. The minimum Gasteiger partial charge on any atom is -0.468 e. The Morgan fingerprint density at radius 3 is 1.65 bits per heavy atom. The number of likely N-dealkylation sites (N-methyl/N-ethyl adjacent to an activating group) is 1. The van der Waals surface area contributed by atoms with Crippen molar-refractivity contribution in [1.29, 1.82) is 0 Å². The van der Waals surface area contributed by atoms with Gasteiger partial charge in [-0.25, -0.2) is 0 Å². The van der Waals surface area contributed by atoms with Crippen LogP contribution in [0.2, 0.25) is 0 Å². The molecule has 0 aromatic heterocycles. The zero-order chi connectivity index (χ0) is 45.6. The molecular weight excluding hydrogens is 777 g/mol. The van der Waals surface area contributed by atoms with E-state index in [2.05, 4.69) is 40.6 Å². The molecule has 1 atom stereocenters. The molecule has 0 amide bonds. The van der Waals surface area contributed by atoms with Crippen LogP contribution in [0.1, 0.15) is 239 Å². The van der Waals surface area contributed by atoms with Crippen LogP contribution in [-0.2, 0) is 28.6 Å². The number of carbonyl (C=O) groups excluding carboxylic acids is 3. The summed E-state index contributed by atoms with van der Waals surface area (Å²) in [7, 11) is 4.05. The van der Waals surface area contributed by atoms with E-state index < -0.39 is 0 Å². The molecule has 1 aliphatic heterocycles. The molecule has 0 aliphatic carbocycles. The van der Waals surface area contributed by atoms with Gasteiger partial charge in [0.2, 0.25) is 0 Å². The van der Waals surface area contributed by atoms with Gasteiger partial charge < -0.3 is 35.1 Å². The highest BCUT2D eigenvalue weighted by Crippen LogP contribution is 2.19. The van der Waals surface area contributed by atoms with Crippen LogP contribution >= 0.6 is 0 Å². The summed E-state index contributed by atoms with van der Waals surface area (Å²) in [4.78, 5) is 38.8. The number of likely N-dealkylation sites (tertiary alicyclic amines) is 1. The van der Waals surface area contributed by atoms with Crippen LogP contribution in [-0.4, -0.2) is 93.8 Å². The van der Waals surface area contributed by atoms with E-state index in [1.807, 2.05) is 20.3 Å². The van der Waals surface area contributed by atoms with Gasteiger partial charge in [-0.05, 0) is 84.8 Å². The van der Waals surface area contributed by atoms with Crippen LogP contribution in [0.3, 0.4) is 0 Å². The van der Waals surface area contributed by atoms with Crippen molar-refractivity contribution in [3.63, 3.8) is 0 Å². The molecule has 1 aliphatic rings. The number of nitrogens with zero attached hydrogens (tertiary/aromatic N) is 2. The quantitative estimate of drug-likeness (QED) is 0.0265. The number of nitrogens with one attached hydrogen (secondary N) is 1. The molecule has 10 heteroatoms. The molecule has 10 nitrogen and oxygen atoms in total. The number of hydrogen-bond acceptors (Lipinski definition) is 10. The van der Waals surface area contributed by atoms with Gasteiger partial charge in [0.1, 0.15) is 6.10 Å². The molecule has 1 unspecified atom stereocenters. The van der Waals surface area contributed by atoms with Gasteiger partial charge in [0.25, 0.3) is 6.47 Å². The zero-order valence-electron chi connectivity index (χ0n) is 41.5. The van der Waals surface area contributed by atoms with Gasteiger partial charge in [0, 0.05) is 50.4 Å². The molecule has 0 radical (unpaired) electrons. The summed E-state index contributed by atoms with van der Waals surface area (Å²) < 4.78 is 15.9. The highest BCUT2D eigenvalue weighted by Gasteiger charge is 2.21. The topological polar surface area (TPSA) is 123 Å². The smallest absolute Gasteiger partial charge is 0.306 e. The average molecular weight is 879 g/mol. The van der Waals surface area contributed by atoms with Crippen LogP contribution in [0.5, 0.6) is 0 Å². The van der Waals surface area contributed by atoms with E-state index in [0.717, 1.165) is 109 Å². The van der Waals surface area contributed by atoms with Crippen molar-refractivity contribution in [2.75, 3.05) is 53.5 Å². The van der Waals surface area contributed by atoms with E-state index in [-0.39, 0.29) is 18.0 Å². The summed E-state index contributed by atoms with van der Waals surface area (Å²) >= 11 is 0. The fraction of sp³-hybridized carbons (Fsp3) is 0.904. The Morgan fingerprint density at radius 1 is 0.645 bits per heavy atom. The fourth-order valence-electron chi connectivity index (χ4n) is 8.10. The molecule has 0 aromatic rings. The summed E-state index contributed by atoms with van der Waals surface area (Å²) in [6.07, 6.45) is 41.6. The van der Waals surface area contributed by atoms with Crippen molar-refractivity contribution >= 4 is 18.4 Å². The van der Waals surface area contributed by atoms with E-state index in [4.69, 9.17) is 15.2 Å². The van der Waals surface area contributed by atoms with Gasteiger partial charge in [-0.2, -0.15) is 0 Å². The predicted molar refractivity (Wildman–Crippen MR) is 261 cm³/mol. The van der Waals surface area contributed by atoms with Gasteiger partial charge in [-0.3, -0.25) is 14.4 Å². The standard InChI is InChI=1S/C26H52N4O2.C26H50O4/c1-4-5-6-7-8-9-10-11-15-20-32-26(31)16-13-12-14-18-30-19-17-25(23-30)28-21-24(27)22-29(2)3;1-3-5-7-9-12-16-20-25(21-17-13-10-8-6-4-2)30-26(28)22-18-14-11-15-19-23-29-24-27/h21,25,28H,4-20,22-23,27H2,1-3H3;24-25H,3-23H2,1-2H3/b24-21-;. The van der Waals surface area contributed by atoms with E-state index >= 15 is 0 Å². The number of hydrogen-bond donors (Lipinski definition) is 2. The first-order chi connectivity index (χ1) is 30.2. The van der Waals surface area contributed by atoms with Crippen LogP contribution < -0.4 is 11.1 Å². The molecule has 0 aromatic carbocycles. The van der Waals surface area contributed by atoms with Crippen molar-refractivity contribution in [3.8, 4) is 0 Å². The maximum atomic E-state index is 12.3. The molecule has 366 valence electrons. The van der Waals surface area contributed by atoms with Gasteiger partial charge in [-0.15, -0.1) is 0 Å². The Hall–Kier alpha value is -2.33. The molecule has 1 heterocycles. The van der Waals surface area contributed by atoms with Crippen LogP contribution in [0.4, 0.5) is 0 Å². The van der Waals surface area contributed by atoms with E-state index in [0.29, 0.717) is 38.6 Å². The Kier molecular flexibility index (Phi) is 44.9. The second-order valence-corrected chi connectivity index (χ2v) is 18.5. The van der Waals surface area contributed by atoms with E-state index in [1.165, 1.54) is 128 Å². The summed E-state index contributed by atoms with van der Waals surface area (Å²) in [5, 5.41) is 3.46. The Balaban J connectivity index is 0.00000120. The molecule has 0 saturated carbocycles. The monoisotopic (exact) mass is 879 g/mol. The highest BCUT2D eigenvalue weighted by atomic mass is 16.5. The maximum Gasteiger partial charge on any atom is 0.306 e. The minimum atomic E-state index is -0.0166. The number of esters is 2. The highest BCUT2D eigenvalue weighted by molar-refractivity contribution is 5.69. The fourth-order valence-corrected chi connectivity index (χ4v) is 8.10. The normalized spacial score (nSPS) is 14.2. The number of ether oxygens (including phenoxy) is 3. The minimum absolute atomic E-state index is 0.0127. The Bertz CT molecular complexity index is 1010. The van der Waals surface area contributed by atoms with Gasteiger partial charge in [0.05, 0.1) is 13.2 Å². The molecule has 3 N–H and O–H groups in total. The SMILES string of the molecule is CCCCCCCCC(CCCCCCCC)OC(=O)CCCCCCCOC=O.CCCCCCCCCCCOC(=O)CCCCCN1CCC(N/C=C(\N)CN(C)C)C1. The summed E-state index contributed by atoms with van der Waals surface area (Å²) in [6, 6.07) is 0.492. The molecule has 0 bridgehead atoms. The Morgan fingerprint density at radius 2 is 1.11 bits per heavy atom. The summed E-state index contributed by atoms with van der Waals surface area (Å²) in [5.74, 6) is -0.0293. The number of nitrogens with two attached hydrogens (primary N) is 1. The number of unbranched alkanes of at least 4 members (excludes halogenated alkanes) is 24. The largest absolute Gasteiger partial charge is 0.468 e. The van der Waals surface area contributed by atoms with E-state index in [1.54, 1.807) is 0 Å². The third-order valence-electron chi connectivity index (χ3n) is 11.9. The Labute approximate surface area is 383 Å². The third-order valence-corrected chi connectivity index (χ3v) is 11.9. The first-order valence-corrected chi connectivity index (χ1v) is 26.2. The average Bonchev–Trinajstić information content (AvgIpc) is 3.71. The molecule has 62 heavy (non-hydrogen) atoms. The molecular formula is C52H102N4O6. The van der Waals surface area contributed by atoms with Crippen molar-refractivity contribution in [1.82, 2.24) is 15.1 Å². The molecule has 0 spiro atoms. The summed E-state index contributed by atoms with van der Waals surface area (Å²) in [5.41, 5.74) is 6.88. The van der Waals surface area contributed by atoms with Crippen molar-refractivity contribution in [2.45, 2.75) is 251 Å². The van der Waals surface area contributed by atoms with Crippen molar-refractivity contribution in [2.24, 2.45) is 5.73 Å². The first-order valence-electron chi connectivity index (χ1n) is 26.2. The lowest BCUT2D eigenvalue weighted by Crippen LogP contribution is -2.31. The van der Waals surface area contributed by atoms with Crippen LogP contribution in [0.15, 0.2) is 11.9 Å².